The number of amides is 2. The maximum absolute atomic E-state index is 12.9. The highest BCUT2D eigenvalue weighted by Crippen LogP contribution is 2.29. The molecule has 2 aliphatic heterocycles. The van der Waals surface area contributed by atoms with Crippen LogP contribution in [-0.2, 0) is 9.53 Å². The summed E-state index contributed by atoms with van der Waals surface area (Å²) in [5.74, 6) is -0.405. The lowest BCUT2D eigenvalue weighted by Crippen LogP contribution is -2.48. The van der Waals surface area contributed by atoms with E-state index in [2.05, 4.69) is 45.9 Å². The van der Waals surface area contributed by atoms with Crippen LogP contribution in [0.2, 0.25) is 0 Å². The summed E-state index contributed by atoms with van der Waals surface area (Å²) in [6, 6.07) is 17.4. The van der Waals surface area contributed by atoms with Gasteiger partial charge in [0.2, 0.25) is 0 Å². The lowest BCUT2D eigenvalue weighted by molar-refractivity contribution is -0.139. The molecule has 0 saturated carbocycles. The molecule has 0 saturated heterocycles. The Hall–Kier alpha value is -3.38. The second-order valence-electron chi connectivity index (χ2n) is 8.14. The minimum atomic E-state index is -0.543. The number of hydrogen-bond donors (Lipinski definition) is 2. The molecule has 6 heteroatoms. The minimum absolute atomic E-state index is 0.275. The molecule has 2 aromatic rings. The molecule has 2 heterocycles. The fourth-order valence-electron chi connectivity index (χ4n) is 4.19. The van der Waals surface area contributed by atoms with Crippen LogP contribution in [0.4, 0.5) is 4.79 Å². The Morgan fingerprint density at radius 1 is 1.12 bits per heavy atom. The number of carbonyl (C=O) groups excluding carboxylic acids is 2. The summed E-state index contributed by atoms with van der Waals surface area (Å²) in [7, 11) is 0. The first-order valence-corrected chi connectivity index (χ1v) is 11.1. The molecule has 0 spiro atoms. The molecule has 0 aliphatic carbocycles. The number of nitrogens with one attached hydrogen (secondary N) is 2. The zero-order valence-electron chi connectivity index (χ0n) is 18.6. The van der Waals surface area contributed by atoms with Crippen molar-refractivity contribution in [3.8, 4) is 0 Å². The molecule has 166 valence electrons. The van der Waals surface area contributed by atoms with Crippen LogP contribution < -0.4 is 10.6 Å². The molecule has 0 bridgehead atoms. The Bertz CT molecular complexity index is 1040. The van der Waals surface area contributed by atoms with E-state index in [1.54, 1.807) is 6.92 Å². The third-order valence-corrected chi connectivity index (χ3v) is 5.88. The largest absolute Gasteiger partial charge is 0.463 e. The maximum atomic E-state index is 12.9. The third-order valence-electron chi connectivity index (χ3n) is 5.88. The Balaban J connectivity index is 1.60. The van der Waals surface area contributed by atoms with E-state index in [1.165, 1.54) is 11.1 Å². The fraction of sp³-hybridized carbons (Fsp3) is 0.308. The number of esters is 1. The predicted octanol–water partition coefficient (Wildman–Crippen LogP) is 3.96. The van der Waals surface area contributed by atoms with Gasteiger partial charge in [-0.3, -0.25) is 4.90 Å². The highest BCUT2D eigenvalue weighted by atomic mass is 16.5. The summed E-state index contributed by atoms with van der Waals surface area (Å²) in [5, 5.41) is 5.77. The fourth-order valence-corrected chi connectivity index (χ4v) is 4.19. The molecule has 1 atom stereocenters. The summed E-state index contributed by atoms with van der Waals surface area (Å²) in [4.78, 5) is 27.7. The summed E-state index contributed by atoms with van der Waals surface area (Å²) in [6.45, 7) is 6.14. The van der Waals surface area contributed by atoms with E-state index in [1.807, 2.05) is 37.3 Å². The SMILES string of the molecule is CCOC(=O)C1=C(CN2CC=C(c3ccccc3)CC2)NC(=O)N[C@@H]1c1ccc(C)cc1. The van der Waals surface area contributed by atoms with Crippen molar-refractivity contribution in [2.24, 2.45) is 0 Å². The lowest BCUT2D eigenvalue weighted by atomic mass is 9.94. The summed E-state index contributed by atoms with van der Waals surface area (Å²) in [5.41, 5.74) is 5.62. The molecule has 0 fully saturated rings. The standard InChI is InChI=1S/C26H29N3O3/c1-3-32-25(30)23-22(27-26(31)28-24(23)21-11-9-18(2)10-12-21)17-29-15-13-20(14-16-29)19-7-5-4-6-8-19/h4-13,24H,3,14-17H2,1-2H3,(H2,27,28,31)/t24-/m1/s1. The van der Waals surface area contributed by atoms with E-state index < -0.39 is 12.0 Å². The molecule has 2 amide bonds. The highest BCUT2D eigenvalue weighted by Gasteiger charge is 2.34. The van der Waals surface area contributed by atoms with Crippen LogP contribution in [0.5, 0.6) is 0 Å². The van der Waals surface area contributed by atoms with Gasteiger partial charge in [-0.1, -0.05) is 66.2 Å². The molecule has 0 aromatic heterocycles. The molecule has 0 radical (unpaired) electrons. The van der Waals surface area contributed by atoms with Gasteiger partial charge in [-0.2, -0.15) is 0 Å². The van der Waals surface area contributed by atoms with Crippen molar-refractivity contribution < 1.29 is 14.3 Å². The topological polar surface area (TPSA) is 70.7 Å². The van der Waals surface area contributed by atoms with Crippen molar-refractivity contribution in [2.75, 3.05) is 26.2 Å². The van der Waals surface area contributed by atoms with Crippen LogP contribution >= 0.6 is 0 Å². The van der Waals surface area contributed by atoms with Crippen LogP contribution in [0, 0.1) is 6.92 Å². The van der Waals surface area contributed by atoms with E-state index in [-0.39, 0.29) is 12.6 Å². The summed E-state index contributed by atoms with van der Waals surface area (Å²) in [6.07, 6.45) is 3.14. The zero-order valence-corrected chi connectivity index (χ0v) is 18.6. The van der Waals surface area contributed by atoms with Gasteiger partial charge in [-0.15, -0.1) is 0 Å². The van der Waals surface area contributed by atoms with Crippen molar-refractivity contribution in [1.29, 1.82) is 0 Å². The van der Waals surface area contributed by atoms with E-state index in [0.717, 1.165) is 30.6 Å². The average Bonchev–Trinajstić information content (AvgIpc) is 2.80. The number of hydrogen-bond acceptors (Lipinski definition) is 4. The Morgan fingerprint density at radius 2 is 1.88 bits per heavy atom. The average molecular weight is 432 g/mol. The van der Waals surface area contributed by atoms with Crippen molar-refractivity contribution in [1.82, 2.24) is 15.5 Å². The molecule has 4 rings (SSSR count). The van der Waals surface area contributed by atoms with Gasteiger partial charge in [-0.05, 0) is 37.0 Å². The van der Waals surface area contributed by atoms with E-state index >= 15 is 0 Å². The van der Waals surface area contributed by atoms with Gasteiger partial charge < -0.3 is 15.4 Å². The molecule has 6 nitrogen and oxygen atoms in total. The Morgan fingerprint density at radius 3 is 2.53 bits per heavy atom. The van der Waals surface area contributed by atoms with Gasteiger partial charge in [0.25, 0.3) is 0 Å². The van der Waals surface area contributed by atoms with Crippen LogP contribution in [-0.4, -0.2) is 43.1 Å². The van der Waals surface area contributed by atoms with Gasteiger partial charge in [0.15, 0.2) is 0 Å². The molecule has 2 aromatic carbocycles. The third kappa shape index (κ3) is 4.92. The second-order valence-corrected chi connectivity index (χ2v) is 8.14. The van der Waals surface area contributed by atoms with Crippen LogP contribution in [0.25, 0.3) is 5.57 Å². The molecule has 32 heavy (non-hydrogen) atoms. The lowest BCUT2D eigenvalue weighted by Gasteiger charge is -2.33. The first kappa shape index (κ1) is 21.8. The molecule has 2 N–H and O–H groups in total. The monoisotopic (exact) mass is 431 g/mol. The Labute approximate surface area is 189 Å². The number of rotatable bonds is 6. The maximum Gasteiger partial charge on any atom is 0.338 e. The zero-order chi connectivity index (χ0) is 22.5. The van der Waals surface area contributed by atoms with Crippen LogP contribution in [0.1, 0.15) is 36.1 Å². The highest BCUT2D eigenvalue weighted by molar-refractivity contribution is 5.95. The summed E-state index contributed by atoms with van der Waals surface area (Å²) < 4.78 is 5.37. The first-order chi connectivity index (χ1) is 15.5. The molecule has 2 aliphatic rings. The van der Waals surface area contributed by atoms with Gasteiger partial charge in [-0.25, -0.2) is 9.59 Å². The number of ether oxygens (including phenoxy) is 1. The number of nitrogens with zero attached hydrogens (tertiary/aromatic N) is 1. The second kappa shape index (κ2) is 9.83. The predicted molar refractivity (Wildman–Crippen MR) is 125 cm³/mol. The number of carbonyl (C=O) groups is 2. The number of benzene rings is 2. The summed E-state index contributed by atoms with van der Waals surface area (Å²) >= 11 is 0. The van der Waals surface area contributed by atoms with Crippen LogP contribution in [0.15, 0.2) is 71.9 Å². The van der Waals surface area contributed by atoms with Crippen molar-refractivity contribution >= 4 is 17.6 Å². The molecule has 0 unspecified atom stereocenters. The number of urea groups is 1. The normalized spacial score (nSPS) is 19.1. The van der Waals surface area contributed by atoms with Gasteiger partial charge in [0.05, 0.1) is 18.2 Å². The first-order valence-electron chi connectivity index (χ1n) is 11.1. The Kier molecular flexibility index (Phi) is 6.71. The number of aryl methyl sites for hydroxylation is 1. The smallest absolute Gasteiger partial charge is 0.338 e. The van der Waals surface area contributed by atoms with Crippen molar-refractivity contribution in [2.45, 2.75) is 26.3 Å². The van der Waals surface area contributed by atoms with E-state index in [9.17, 15) is 9.59 Å². The van der Waals surface area contributed by atoms with Gasteiger partial charge in [0.1, 0.15) is 0 Å². The quantitative estimate of drug-likeness (QED) is 0.680. The van der Waals surface area contributed by atoms with Crippen molar-refractivity contribution in [3.05, 3.63) is 88.6 Å². The van der Waals surface area contributed by atoms with Crippen LogP contribution in [0.3, 0.4) is 0 Å². The van der Waals surface area contributed by atoms with E-state index in [4.69, 9.17) is 4.74 Å². The van der Waals surface area contributed by atoms with Gasteiger partial charge >= 0.3 is 12.0 Å². The van der Waals surface area contributed by atoms with Crippen molar-refractivity contribution in [3.63, 3.8) is 0 Å². The molecular weight excluding hydrogens is 402 g/mol. The minimum Gasteiger partial charge on any atom is -0.463 e. The van der Waals surface area contributed by atoms with E-state index in [0.29, 0.717) is 17.8 Å². The van der Waals surface area contributed by atoms with Gasteiger partial charge in [0, 0.05) is 25.3 Å². The molecular formula is C26H29N3O3.